The highest BCUT2D eigenvalue weighted by Crippen LogP contribution is 2.39. The molecule has 2 unspecified atom stereocenters. The zero-order valence-corrected chi connectivity index (χ0v) is 19.4. The summed E-state index contributed by atoms with van der Waals surface area (Å²) in [4.78, 5) is 38.3. The number of fused-ring (bicyclic) bond motifs is 1. The second-order valence-electron chi connectivity index (χ2n) is 9.02. The van der Waals surface area contributed by atoms with E-state index in [-0.39, 0.29) is 18.0 Å². The summed E-state index contributed by atoms with van der Waals surface area (Å²) in [7, 11) is 1.35. The summed E-state index contributed by atoms with van der Waals surface area (Å²) in [6.07, 6.45) is 0.0704. The summed E-state index contributed by atoms with van der Waals surface area (Å²) >= 11 is 0. The molecule has 2 atom stereocenters. The topological polar surface area (TPSA) is 84.9 Å². The third-order valence-corrected chi connectivity index (χ3v) is 5.35. The largest absolute Gasteiger partial charge is 0.465 e. The van der Waals surface area contributed by atoms with Gasteiger partial charge < -0.3 is 19.7 Å². The summed E-state index contributed by atoms with van der Waals surface area (Å²) in [6.45, 7) is 8.96. The van der Waals surface area contributed by atoms with Crippen LogP contribution in [-0.2, 0) is 14.3 Å². The van der Waals surface area contributed by atoms with Gasteiger partial charge in [-0.05, 0) is 75.1 Å². The highest BCUT2D eigenvalue weighted by Gasteiger charge is 2.34. The van der Waals surface area contributed by atoms with Crippen LogP contribution in [0.2, 0.25) is 0 Å². The number of anilines is 1. The molecular formula is C25H30N2O5. The lowest BCUT2D eigenvalue weighted by molar-refractivity contribution is -0.117. The Labute approximate surface area is 188 Å². The molecule has 2 aromatic rings. The number of hydrogen-bond acceptors (Lipinski definition) is 5. The molecule has 0 bridgehead atoms. The van der Waals surface area contributed by atoms with E-state index in [0.29, 0.717) is 12.0 Å². The molecule has 2 amide bonds. The Balaban J connectivity index is 1.99. The minimum Gasteiger partial charge on any atom is -0.465 e. The Kier molecular flexibility index (Phi) is 6.57. The number of nitrogens with zero attached hydrogens (tertiary/aromatic N) is 1. The fourth-order valence-electron chi connectivity index (χ4n) is 4.03. The number of rotatable bonds is 3. The van der Waals surface area contributed by atoms with E-state index in [9.17, 15) is 14.4 Å². The Morgan fingerprint density at radius 3 is 2.22 bits per heavy atom. The Bertz CT molecular complexity index is 1020. The van der Waals surface area contributed by atoms with Crippen LogP contribution in [0.15, 0.2) is 42.5 Å². The number of nitrogens with one attached hydrogen (secondary N) is 1. The average molecular weight is 439 g/mol. The van der Waals surface area contributed by atoms with Gasteiger partial charge in [0.2, 0.25) is 5.91 Å². The van der Waals surface area contributed by atoms with Gasteiger partial charge in [0, 0.05) is 18.7 Å². The van der Waals surface area contributed by atoms with Crippen molar-refractivity contribution in [2.75, 3.05) is 12.0 Å². The lowest BCUT2D eigenvalue weighted by atomic mass is 9.89. The molecule has 170 valence electrons. The van der Waals surface area contributed by atoms with Crippen molar-refractivity contribution in [3.63, 3.8) is 0 Å². The molecule has 1 heterocycles. The number of carbonyl (C=O) groups excluding carboxylic acids is 3. The van der Waals surface area contributed by atoms with Crippen LogP contribution in [0.4, 0.5) is 10.5 Å². The molecule has 1 aliphatic rings. The zero-order chi connectivity index (χ0) is 23.6. The van der Waals surface area contributed by atoms with Crippen molar-refractivity contribution in [3.8, 4) is 11.1 Å². The smallest absolute Gasteiger partial charge is 0.408 e. The molecule has 0 saturated heterocycles. The van der Waals surface area contributed by atoms with Crippen LogP contribution in [0.3, 0.4) is 0 Å². The van der Waals surface area contributed by atoms with Crippen molar-refractivity contribution >= 4 is 23.7 Å². The lowest BCUT2D eigenvalue weighted by Crippen LogP contribution is -2.46. The molecular weight excluding hydrogens is 408 g/mol. The predicted octanol–water partition coefficient (Wildman–Crippen LogP) is 4.85. The van der Waals surface area contributed by atoms with Gasteiger partial charge in [0.15, 0.2) is 0 Å². The van der Waals surface area contributed by atoms with E-state index in [2.05, 4.69) is 5.32 Å². The van der Waals surface area contributed by atoms with Crippen LogP contribution in [-0.4, -0.2) is 36.7 Å². The van der Waals surface area contributed by atoms with E-state index in [1.807, 2.05) is 58.0 Å². The number of hydrogen-bond donors (Lipinski definition) is 1. The first-order chi connectivity index (χ1) is 15.0. The van der Waals surface area contributed by atoms with Crippen molar-refractivity contribution in [1.29, 1.82) is 0 Å². The summed E-state index contributed by atoms with van der Waals surface area (Å²) in [5.74, 6) is -0.445. The maximum absolute atomic E-state index is 12.5. The van der Waals surface area contributed by atoms with Gasteiger partial charge in [-0.25, -0.2) is 9.59 Å². The maximum Gasteiger partial charge on any atom is 0.408 e. The number of benzene rings is 2. The molecule has 32 heavy (non-hydrogen) atoms. The SMILES string of the molecule is COC(=O)c1ccc(-c2ccc3c(c2)C(NC(=O)OC(C)(C)C)CC(C)N3C(C)=O)cc1. The maximum atomic E-state index is 12.5. The van der Waals surface area contributed by atoms with E-state index in [0.717, 1.165) is 22.4 Å². The number of carbonyl (C=O) groups is 3. The number of amides is 2. The highest BCUT2D eigenvalue weighted by molar-refractivity contribution is 5.94. The molecule has 1 N–H and O–H groups in total. The van der Waals surface area contributed by atoms with E-state index < -0.39 is 17.7 Å². The van der Waals surface area contributed by atoms with Crippen molar-refractivity contribution in [3.05, 3.63) is 53.6 Å². The second-order valence-corrected chi connectivity index (χ2v) is 9.02. The van der Waals surface area contributed by atoms with Crippen LogP contribution in [0.5, 0.6) is 0 Å². The van der Waals surface area contributed by atoms with E-state index in [1.165, 1.54) is 7.11 Å². The first kappa shape index (κ1) is 23.3. The molecule has 0 aromatic heterocycles. The van der Waals surface area contributed by atoms with Crippen LogP contribution >= 0.6 is 0 Å². The number of esters is 1. The highest BCUT2D eigenvalue weighted by atomic mass is 16.6. The molecule has 1 aliphatic heterocycles. The minimum absolute atomic E-state index is 0.0513. The molecule has 3 rings (SSSR count). The average Bonchev–Trinajstić information content (AvgIpc) is 2.71. The predicted molar refractivity (Wildman–Crippen MR) is 123 cm³/mol. The lowest BCUT2D eigenvalue weighted by Gasteiger charge is -2.39. The summed E-state index contributed by atoms with van der Waals surface area (Å²) < 4.78 is 10.2. The van der Waals surface area contributed by atoms with Gasteiger partial charge in [-0.2, -0.15) is 0 Å². The van der Waals surface area contributed by atoms with Gasteiger partial charge in [0.25, 0.3) is 0 Å². The van der Waals surface area contributed by atoms with Crippen molar-refractivity contribution in [2.45, 2.75) is 58.7 Å². The first-order valence-electron chi connectivity index (χ1n) is 10.6. The Morgan fingerprint density at radius 2 is 1.66 bits per heavy atom. The molecule has 2 aromatic carbocycles. The van der Waals surface area contributed by atoms with Gasteiger partial charge in [-0.1, -0.05) is 18.2 Å². The van der Waals surface area contributed by atoms with Crippen molar-refractivity contribution in [1.82, 2.24) is 5.32 Å². The van der Waals surface area contributed by atoms with E-state index in [1.54, 1.807) is 24.0 Å². The number of ether oxygens (including phenoxy) is 2. The van der Waals surface area contributed by atoms with Crippen LogP contribution in [0.1, 0.15) is 63.0 Å². The number of methoxy groups -OCH3 is 1. The van der Waals surface area contributed by atoms with Gasteiger partial charge in [-0.15, -0.1) is 0 Å². The van der Waals surface area contributed by atoms with Crippen molar-refractivity contribution < 1.29 is 23.9 Å². The summed E-state index contributed by atoms with van der Waals surface area (Å²) in [5.41, 5.74) is 3.29. The van der Waals surface area contributed by atoms with E-state index >= 15 is 0 Å². The first-order valence-corrected chi connectivity index (χ1v) is 10.6. The second kappa shape index (κ2) is 9.02. The Morgan fingerprint density at radius 1 is 1.03 bits per heavy atom. The molecule has 0 aliphatic carbocycles. The zero-order valence-electron chi connectivity index (χ0n) is 19.4. The summed E-state index contributed by atoms with van der Waals surface area (Å²) in [5, 5.41) is 2.97. The van der Waals surface area contributed by atoms with E-state index in [4.69, 9.17) is 9.47 Å². The molecule has 0 fully saturated rings. The Hall–Kier alpha value is -3.35. The minimum atomic E-state index is -0.609. The fraction of sp³-hybridized carbons (Fsp3) is 0.400. The normalized spacial score (nSPS) is 17.9. The van der Waals surface area contributed by atoms with Gasteiger partial charge in [0.1, 0.15) is 5.60 Å². The fourth-order valence-corrected chi connectivity index (χ4v) is 4.03. The van der Waals surface area contributed by atoms with Crippen LogP contribution in [0, 0.1) is 0 Å². The summed E-state index contributed by atoms with van der Waals surface area (Å²) in [6, 6.07) is 12.5. The van der Waals surface area contributed by atoms with Gasteiger partial charge >= 0.3 is 12.1 Å². The van der Waals surface area contributed by atoms with Crippen LogP contribution < -0.4 is 10.2 Å². The standard InChI is InChI=1S/C25H30N2O5/c1-15-13-21(26-24(30)32-25(3,4)5)20-14-19(11-12-22(20)27(15)16(2)28)17-7-9-18(10-8-17)23(29)31-6/h7-12,14-15,21H,13H2,1-6H3,(H,26,30). The quantitative estimate of drug-likeness (QED) is 0.693. The third-order valence-electron chi connectivity index (χ3n) is 5.35. The van der Waals surface area contributed by atoms with Crippen LogP contribution in [0.25, 0.3) is 11.1 Å². The molecule has 7 heteroatoms. The molecule has 0 saturated carbocycles. The monoisotopic (exact) mass is 438 g/mol. The molecule has 0 spiro atoms. The molecule has 7 nitrogen and oxygen atoms in total. The molecule has 0 radical (unpaired) electrons. The van der Waals surface area contributed by atoms with Crippen molar-refractivity contribution in [2.24, 2.45) is 0 Å². The number of alkyl carbamates (subject to hydrolysis) is 1. The third kappa shape index (κ3) is 5.10. The van der Waals surface area contributed by atoms with Gasteiger partial charge in [-0.3, -0.25) is 4.79 Å². The van der Waals surface area contributed by atoms with Gasteiger partial charge in [0.05, 0.1) is 18.7 Å².